The Bertz CT molecular complexity index is 1270. The van der Waals surface area contributed by atoms with Gasteiger partial charge < -0.3 is 15.1 Å². The zero-order valence-electron chi connectivity index (χ0n) is 19.0. The van der Waals surface area contributed by atoms with Gasteiger partial charge in [-0.2, -0.15) is 0 Å². The van der Waals surface area contributed by atoms with E-state index in [2.05, 4.69) is 68.6 Å². The van der Waals surface area contributed by atoms with Gasteiger partial charge in [-0.15, -0.1) is 0 Å². The summed E-state index contributed by atoms with van der Waals surface area (Å²) in [4.78, 5) is 12.4. The molecule has 0 unspecified atom stereocenters. The molecule has 0 spiro atoms. The number of nitrogens with one attached hydrogen (secondary N) is 1. The van der Waals surface area contributed by atoms with E-state index in [-0.39, 0.29) is 0 Å². The minimum absolute atomic E-state index is 0.529. The molecule has 1 fully saturated rings. The zero-order chi connectivity index (χ0) is 22.9. The van der Waals surface area contributed by atoms with Crippen molar-refractivity contribution in [2.75, 3.05) is 36.4 Å². The molecular weight excluding hydrogens is 460 g/mol. The van der Waals surface area contributed by atoms with E-state index >= 15 is 0 Å². The summed E-state index contributed by atoms with van der Waals surface area (Å²) >= 11 is 8.02. The number of anilines is 3. The van der Waals surface area contributed by atoms with Crippen LogP contribution in [-0.2, 0) is 0 Å². The third-order valence-electron chi connectivity index (χ3n) is 6.84. The molecule has 0 radical (unpaired) electrons. The molecule has 0 atom stereocenters. The number of para-hydroxylation sites is 2. The van der Waals surface area contributed by atoms with Crippen LogP contribution in [0.3, 0.4) is 0 Å². The molecule has 34 heavy (non-hydrogen) atoms. The summed E-state index contributed by atoms with van der Waals surface area (Å²) in [6.45, 7) is 4.19. The molecule has 4 nitrogen and oxygen atoms in total. The van der Waals surface area contributed by atoms with E-state index in [1.807, 2.05) is 42.2 Å². The summed E-state index contributed by atoms with van der Waals surface area (Å²) < 4.78 is 0. The number of hydrogen-bond donors (Lipinski definition) is 1. The maximum absolute atomic E-state index is 6.13. The van der Waals surface area contributed by atoms with Crippen LogP contribution in [0.1, 0.15) is 12.8 Å². The lowest BCUT2D eigenvalue weighted by molar-refractivity contribution is 0.219. The number of pyridine rings is 1. The first-order valence-electron chi connectivity index (χ1n) is 11.9. The van der Waals surface area contributed by atoms with Crippen LogP contribution in [0.15, 0.2) is 88.8 Å². The molecule has 6 rings (SSSR count). The average Bonchev–Trinajstić information content (AvgIpc) is 2.87. The molecular formula is C28H27ClN4S. The minimum atomic E-state index is 0.529. The maximum atomic E-state index is 6.13. The van der Waals surface area contributed by atoms with E-state index in [1.54, 1.807) is 0 Å². The number of aromatic nitrogens is 1. The SMILES string of the molecule is Clc1ccc2c(NCCN3CCC(N4c5ccccc5Sc5ccccc54)CC3)ccnc2c1. The van der Waals surface area contributed by atoms with Crippen LogP contribution in [-0.4, -0.2) is 42.1 Å². The zero-order valence-corrected chi connectivity index (χ0v) is 20.5. The molecule has 172 valence electrons. The lowest BCUT2D eigenvalue weighted by atomic mass is 10.0. The van der Waals surface area contributed by atoms with Crippen LogP contribution in [0.5, 0.6) is 0 Å². The summed E-state index contributed by atoms with van der Waals surface area (Å²) in [6.07, 6.45) is 4.19. The normalized spacial score (nSPS) is 16.3. The molecule has 0 saturated carbocycles. The van der Waals surface area contributed by atoms with Crippen LogP contribution >= 0.6 is 23.4 Å². The Kier molecular flexibility index (Phi) is 6.08. The minimum Gasteiger partial charge on any atom is -0.383 e. The van der Waals surface area contributed by atoms with E-state index in [0.29, 0.717) is 6.04 Å². The van der Waals surface area contributed by atoms with Crippen LogP contribution in [0.2, 0.25) is 5.02 Å². The average molecular weight is 487 g/mol. The maximum Gasteiger partial charge on any atom is 0.0737 e. The molecule has 3 aromatic carbocycles. The van der Waals surface area contributed by atoms with Gasteiger partial charge in [0.2, 0.25) is 0 Å². The van der Waals surface area contributed by atoms with Gasteiger partial charge in [0.15, 0.2) is 0 Å². The number of piperidine rings is 1. The summed E-state index contributed by atoms with van der Waals surface area (Å²) in [6, 6.07) is 26.2. The molecule has 0 aliphatic carbocycles. The Hall–Kier alpha value is -2.73. The summed E-state index contributed by atoms with van der Waals surface area (Å²) in [5.41, 5.74) is 4.76. The van der Waals surface area contributed by atoms with E-state index in [1.165, 1.54) is 34.0 Å². The second kappa shape index (κ2) is 9.49. The number of benzene rings is 3. The van der Waals surface area contributed by atoms with E-state index in [0.717, 1.165) is 47.8 Å². The monoisotopic (exact) mass is 486 g/mol. The molecule has 0 bridgehead atoms. The van der Waals surface area contributed by atoms with E-state index in [9.17, 15) is 0 Å². The van der Waals surface area contributed by atoms with Crippen molar-refractivity contribution >= 4 is 51.3 Å². The molecule has 2 aliphatic heterocycles. The van der Waals surface area contributed by atoms with Crippen LogP contribution in [0, 0.1) is 0 Å². The molecule has 2 aliphatic rings. The third kappa shape index (κ3) is 4.24. The predicted octanol–water partition coefficient (Wildman–Crippen LogP) is 7.07. The second-order valence-electron chi connectivity index (χ2n) is 8.93. The fraction of sp³-hybridized carbons (Fsp3) is 0.250. The van der Waals surface area contributed by atoms with Gasteiger partial charge in [0.05, 0.1) is 16.9 Å². The van der Waals surface area contributed by atoms with Gasteiger partial charge in [-0.3, -0.25) is 4.98 Å². The van der Waals surface area contributed by atoms with Crippen LogP contribution < -0.4 is 10.2 Å². The standard InChI is InChI=1S/C28H27ClN4S/c29-20-9-10-22-23(11-14-30-24(22)19-20)31-15-18-32-16-12-21(13-17-32)33-25-5-1-3-7-27(25)34-28-8-4-2-6-26(28)33/h1-11,14,19,21H,12-13,15-18H2,(H,30,31). The molecule has 0 amide bonds. The fourth-order valence-corrected chi connectivity index (χ4v) is 6.39. The Morgan fingerprint density at radius 1 is 0.912 bits per heavy atom. The lowest BCUT2D eigenvalue weighted by Gasteiger charge is -2.42. The molecule has 1 saturated heterocycles. The summed E-state index contributed by atoms with van der Waals surface area (Å²) in [7, 11) is 0. The largest absolute Gasteiger partial charge is 0.383 e. The van der Waals surface area contributed by atoms with Crippen molar-refractivity contribution in [1.29, 1.82) is 0 Å². The first kappa shape index (κ1) is 21.8. The number of likely N-dealkylation sites (tertiary alicyclic amines) is 1. The number of halogens is 1. The second-order valence-corrected chi connectivity index (χ2v) is 10.4. The Morgan fingerprint density at radius 2 is 1.62 bits per heavy atom. The highest BCUT2D eigenvalue weighted by Gasteiger charge is 2.31. The number of rotatable bonds is 5. The fourth-order valence-electron chi connectivity index (χ4n) is 5.15. The predicted molar refractivity (Wildman–Crippen MR) is 144 cm³/mol. The van der Waals surface area contributed by atoms with Gasteiger partial charge in [0.25, 0.3) is 0 Å². The van der Waals surface area contributed by atoms with E-state index < -0.39 is 0 Å². The van der Waals surface area contributed by atoms with Crippen molar-refractivity contribution < 1.29 is 0 Å². The van der Waals surface area contributed by atoms with Crippen molar-refractivity contribution in [2.45, 2.75) is 28.7 Å². The molecule has 4 aromatic rings. The Morgan fingerprint density at radius 3 is 2.35 bits per heavy atom. The van der Waals surface area contributed by atoms with Crippen molar-refractivity contribution in [3.05, 3.63) is 84.0 Å². The smallest absolute Gasteiger partial charge is 0.0737 e. The quantitative estimate of drug-likeness (QED) is 0.326. The highest BCUT2D eigenvalue weighted by molar-refractivity contribution is 7.99. The first-order valence-corrected chi connectivity index (χ1v) is 13.1. The van der Waals surface area contributed by atoms with Crippen molar-refractivity contribution in [3.63, 3.8) is 0 Å². The highest BCUT2D eigenvalue weighted by atomic mass is 35.5. The molecule has 1 N–H and O–H groups in total. The Labute approximate surface area is 209 Å². The number of fused-ring (bicyclic) bond motifs is 3. The van der Waals surface area contributed by atoms with Gasteiger partial charge in [-0.1, -0.05) is 47.6 Å². The highest BCUT2D eigenvalue weighted by Crippen LogP contribution is 2.49. The van der Waals surface area contributed by atoms with Crippen molar-refractivity contribution in [2.24, 2.45) is 0 Å². The molecule has 1 aromatic heterocycles. The topological polar surface area (TPSA) is 31.4 Å². The third-order valence-corrected chi connectivity index (χ3v) is 8.21. The lowest BCUT2D eigenvalue weighted by Crippen LogP contribution is -2.45. The van der Waals surface area contributed by atoms with Gasteiger partial charge in [-0.05, 0) is 61.4 Å². The molecule has 6 heteroatoms. The van der Waals surface area contributed by atoms with Crippen molar-refractivity contribution in [3.8, 4) is 0 Å². The molecule has 3 heterocycles. The Balaban J connectivity index is 1.10. The number of hydrogen-bond acceptors (Lipinski definition) is 5. The van der Waals surface area contributed by atoms with Gasteiger partial charge in [0.1, 0.15) is 0 Å². The van der Waals surface area contributed by atoms with Crippen LogP contribution in [0.25, 0.3) is 10.9 Å². The van der Waals surface area contributed by atoms with Gasteiger partial charge >= 0.3 is 0 Å². The van der Waals surface area contributed by atoms with Crippen LogP contribution in [0.4, 0.5) is 17.1 Å². The van der Waals surface area contributed by atoms with Crippen molar-refractivity contribution in [1.82, 2.24) is 9.88 Å². The number of nitrogens with zero attached hydrogens (tertiary/aromatic N) is 3. The van der Waals surface area contributed by atoms with Gasteiger partial charge in [-0.25, -0.2) is 0 Å². The summed E-state index contributed by atoms with van der Waals surface area (Å²) in [5, 5.41) is 5.45. The summed E-state index contributed by atoms with van der Waals surface area (Å²) in [5.74, 6) is 0. The first-order chi connectivity index (χ1) is 16.8. The van der Waals surface area contributed by atoms with Gasteiger partial charge in [0, 0.05) is 64.3 Å². The van der Waals surface area contributed by atoms with E-state index in [4.69, 9.17) is 11.6 Å².